The van der Waals surface area contributed by atoms with Crippen molar-refractivity contribution in [3.8, 4) is 0 Å². The molecule has 7 N–H and O–H groups in total. The fourth-order valence-electron chi connectivity index (χ4n) is 3.40. The molecule has 3 aliphatic heterocycles. The minimum absolute atomic E-state index is 0. The first kappa shape index (κ1) is 40.2. The van der Waals surface area contributed by atoms with Gasteiger partial charge in [0.15, 0.2) is 0 Å². The predicted octanol–water partition coefficient (Wildman–Crippen LogP) is 3.97. The number of carbonyl (C=O) groups excluding carboxylic acids is 3. The van der Waals surface area contributed by atoms with Gasteiger partial charge in [-0.05, 0) is 62.3 Å². The quantitative estimate of drug-likeness (QED) is 0.326. The van der Waals surface area contributed by atoms with Crippen molar-refractivity contribution < 1.29 is 28.6 Å². The molecule has 3 rings (SSSR count). The standard InChI is InChI=1S/C10H18N2O2.C9H18N2O2.C5H11NO2.2CH4.H3N/c1-9(2,3)14-8(13)12-6-10(7-12)4-11-5-10;1-9(2,3)13-8(12)11-6-4-10-5-7-11;1-5(2,3)8-4(6)7;;;/h11H,4-7H2,1-3H3;10H,4-7H2,1-3H3;1-3H3,(H2,6,7);2*1H4;1H3. The van der Waals surface area contributed by atoms with Gasteiger partial charge in [-0.25, -0.2) is 14.4 Å². The lowest BCUT2D eigenvalue weighted by Gasteiger charge is -2.55. The Labute approximate surface area is 231 Å². The van der Waals surface area contributed by atoms with Gasteiger partial charge in [0.1, 0.15) is 16.8 Å². The molecule has 12 heteroatoms. The molecule has 0 unspecified atom stereocenters. The van der Waals surface area contributed by atoms with Gasteiger partial charge in [0, 0.05) is 57.8 Å². The van der Waals surface area contributed by atoms with E-state index in [4.69, 9.17) is 15.2 Å². The molecule has 3 aliphatic rings. The van der Waals surface area contributed by atoms with E-state index in [0.717, 1.165) is 52.4 Å². The minimum atomic E-state index is -0.725. The van der Waals surface area contributed by atoms with Crippen LogP contribution in [0.2, 0.25) is 0 Å². The van der Waals surface area contributed by atoms with Crippen molar-refractivity contribution in [2.45, 2.75) is 94.0 Å². The average molecular weight is 551 g/mol. The molecular formula is C26H58N6O6. The van der Waals surface area contributed by atoms with Gasteiger partial charge in [-0.1, -0.05) is 14.9 Å². The van der Waals surface area contributed by atoms with Gasteiger partial charge in [0.2, 0.25) is 0 Å². The van der Waals surface area contributed by atoms with Crippen molar-refractivity contribution in [3.63, 3.8) is 0 Å². The lowest BCUT2D eigenvalue weighted by molar-refractivity contribution is -0.0554. The zero-order chi connectivity index (χ0) is 27.1. The second kappa shape index (κ2) is 15.9. The highest BCUT2D eigenvalue weighted by molar-refractivity contribution is 5.69. The van der Waals surface area contributed by atoms with Gasteiger partial charge in [0.05, 0.1) is 0 Å². The highest BCUT2D eigenvalue weighted by atomic mass is 16.6. The highest BCUT2D eigenvalue weighted by Gasteiger charge is 2.50. The first-order valence-corrected chi connectivity index (χ1v) is 12.2. The van der Waals surface area contributed by atoms with Crippen LogP contribution in [0.4, 0.5) is 14.4 Å². The lowest BCUT2D eigenvalue weighted by atomic mass is 9.75. The third-order valence-electron chi connectivity index (χ3n) is 4.88. The number of ether oxygens (including phenoxy) is 3. The van der Waals surface area contributed by atoms with Gasteiger partial charge >= 0.3 is 18.3 Å². The third kappa shape index (κ3) is 16.5. The van der Waals surface area contributed by atoms with E-state index in [1.807, 2.05) is 41.5 Å². The molecule has 1 spiro atoms. The summed E-state index contributed by atoms with van der Waals surface area (Å²) in [5, 5.41) is 6.42. The van der Waals surface area contributed by atoms with E-state index in [9.17, 15) is 14.4 Å². The topological polar surface area (TPSA) is 170 Å². The average Bonchev–Trinajstić information content (AvgIpc) is 2.56. The van der Waals surface area contributed by atoms with Crippen LogP contribution < -0.4 is 22.5 Å². The van der Waals surface area contributed by atoms with Crippen LogP contribution in [0, 0.1) is 5.41 Å². The summed E-state index contributed by atoms with van der Waals surface area (Å²) >= 11 is 0. The summed E-state index contributed by atoms with van der Waals surface area (Å²) in [7, 11) is 0. The summed E-state index contributed by atoms with van der Waals surface area (Å²) in [6.07, 6.45) is -1.10. The Bertz CT molecular complexity index is 709. The minimum Gasteiger partial charge on any atom is -0.444 e. The van der Waals surface area contributed by atoms with Crippen LogP contribution in [0.15, 0.2) is 0 Å². The Morgan fingerprint density at radius 3 is 1.32 bits per heavy atom. The number of nitrogens with one attached hydrogen (secondary N) is 2. The van der Waals surface area contributed by atoms with Crippen LogP contribution in [0.1, 0.15) is 77.2 Å². The number of carbonyl (C=O) groups is 3. The second-order valence-electron chi connectivity index (χ2n) is 12.2. The molecule has 0 atom stereocenters. The van der Waals surface area contributed by atoms with E-state index >= 15 is 0 Å². The van der Waals surface area contributed by atoms with Crippen LogP contribution in [0.25, 0.3) is 0 Å². The van der Waals surface area contributed by atoms with E-state index < -0.39 is 11.7 Å². The zero-order valence-corrected chi connectivity index (χ0v) is 23.8. The maximum absolute atomic E-state index is 11.6. The van der Waals surface area contributed by atoms with E-state index in [0.29, 0.717) is 5.41 Å². The molecule has 0 saturated carbocycles. The van der Waals surface area contributed by atoms with Crippen molar-refractivity contribution in [3.05, 3.63) is 0 Å². The number of rotatable bonds is 0. The monoisotopic (exact) mass is 550 g/mol. The molecule has 3 fully saturated rings. The molecule has 3 amide bonds. The molecule has 0 aliphatic carbocycles. The van der Waals surface area contributed by atoms with Crippen molar-refractivity contribution >= 4 is 18.3 Å². The molecule has 0 radical (unpaired) electrons. The molecule has 0 aromatic carbocycles. The molecule has 3 saturated heterocycles. The number of nitrogens with zero attached hydrogens (tertiary/aromatic N) is 2. The Hall–Kier alpha value is -2.31. The predicted molar refractivity (Wildman–Crippen MR) is 153 cm³/mol. The second-order valence-corrected chi connectivity index (χ2v) is 12.2. The normalized spacial score (nSPS) is 17.5. The van der Waals surface area contributed by atoms with Crippen LogP contribution >= 0.6 is 0 Å². The molecule has 0 aromatic rings. The maximum atomic E-state index is 11.6. The summed E-state index contributed by atoms with van der Waals surface area (Å²) in [4.78, 5) is 36.6. The third-order valence-corrected chi connectivity index (χ3v) is 4.88. The number of hydrogen-bond donors (Lipinski definition) is 4. The van der Waals surface area contributed by atoms with E-state index in [1.165, 1.54) is 0 Å². The van der Waals surface area contributed by atoms with Crippen molar-refractivity contribution in [1.82, 2.24) is 26.6 Å². The van der Waals surface area contributed by atoms with Gasteiger partial charge < -0.3 is 46.5 Å². The summed E-state index contributed by atoms with van der Waals surface area (Å²) < 4.78 is 15.1. The van der Waals surface area contributed by atoms with Crippen LogP contribution in [-0.4, -0.2) is 97.2 Å². The summed E-state index contributed by atoms with van der Waals surface area (Å²) in [5.41, 5.74) is 3.89. The van der Waals surface area contributed by atoms with Gasteiger partial charge in [-0.3, -0.25) is 0 Å². The maximum Gasteiger partial charge on any atom is 0.410 e. The van der Waals surface area contributed by atoms with E-state index in [1.54, 1.807) is 30.6 Å². The Morgan fingerprint density at radius 1 is 0.684 bits per heavy atom. The number of primary amides is 1. The SMILES string of the molecule is C.C.CC(C)(C)OC(=O)N1CC2(CNC2)C1.CC(C)(C)OC(=O)N1CCNCC1.CC(C)(C)OC(N)=O.N. The van der Waals surface area contributed by atoms with Gasteiger partial charge in [-0.15, -0.1) is 0 Å². The van der Waals surface area contributed by atoms with Crippen LogP contribution in [0.5, 0.6) is 0 Å². The number of likely N-dealkylation sites (tertiary alicyclic amines) is 1. The Morgan fingerprint density at radius 2 is 1.05 bits per heavy atom. The molecule has 228 valence electrons. The molecular weight excluding hydrogens is 492 g/mol. The number of nitrogens with two attached hydrogens (primary N) is 1. The number of piperazine rings is 1. The number of amides is 3. The van der Waals surface area contributed by atoms with Crippen LogP contribution in [0.3, 0.4) is 0 Å². The molecule has 38 heavy (non-hydrogen) atoms. The van der Waals surface area contributed by atoms with Gasteiger partial charge in [0.25, 0.3) is 0 Å². The van der Waals surface area contributed by atoms with E-state index in [-0.39, 0.29) is 44.4 Å². The van der Waals surface area contributed by atoms with Crippen molar-refractivity contribution in [2.75, 3.05) is 52.4 Å². The summed E-state index contributed by atoms with van der Waals surface area (Å²) in [5.74, 6) is 0. The Balaban J connectivity index is -0.000000482. The fourth-order valence-corrected chi connectivity index (χ4v) is 3.40. The molecule has 0 aromatic heterocycles. The summed E-state index contributed by atoms with van der Waals surface area (Å²) in [6, 6.07) is 0. The molecule has 0 bridgehead atoms. The first-order valence-electron chi connectivity index (χ1n) is 12.2. The lowest BCUT2D eigenvalue weighted by Crippen LogP contribution is -2.72. The molecule has 3 heterocycles. The van der Waals surface area contributed by atoms with Crippen molar-refractivity contribution in [1.29, 1.82) is 0 Å². The molecule has 12 nitrogen and oxygen atoms in total. The fraction of sp³-hybridized carbons (Fsp3) is 0.885. The van der Waals surface area contributed by atoms with Crippen LogP contribution in [-0.2, 0) is 14.2 Å². The first-order chi connectivity index (χ1) is 15.8. The van der Waals surface area contributed by atoms with Gasteiger partial charge in [-0.2, -0.15) is 0 Å². The smallest absolute Gasteiger partial charge is 0.410 e. The zero-order valence-electron chi connectivity index (χ0n) is 23.8. The van der Waals surface area contributed by atoms with E-state index in [2.05, 4.69) is 15.4 Å². The largest absolute Gasteiger partial charge is 0.444 e. The Kier molecular flexibility index (Phi) is 16.9. The highest BCUT2D eigenvalue weighted by Crippen LogP contribution is 2.34. The number of hydrogen-bond acceptors (Lipinski definition) is 9. The van der Waals surface area contributed by atoms with Crippen molar-refractivity contribution in [2.24, 2.45) is 11.1 Å². The summed E-state index contributed by atoms with van der Waals surface area (Å²) in [6.45, 7) is 23.6.